The van der Waals surface area contributed by atoms with Crippen LogP contribution in [0.25, 0.3) is 5.52 Å². The van der Waals surface area contributed by atoms with E-state index in [0.717, 1.165) is 16.5 Å². The van der Waals surface area contributed by atoms with Crippen LogP contribution in [-0.4, -0.2) is 20.6 Å². The summed E-state index contributed by atoms with van der Waals surface area (Å²) in [5.41, 5.74) is 0.988. The number of imidazole rings is 1. The SMILES string of the molecule is CSc1nc(Cl)cc2cnc(C)n12. The molecule has 0 unspecified atom stereocenters. The Bertz CT molecular complexity index is 452. The minimum atomic E-state index is 0.511. The van der Waals surface area contributed by atoms with Crippen molar-refractivity contribution in [3.8, 4) is 0 Å². The van der Waals surface area contributed by atoms with Gasteiger partial charge in [-0.2, -0.15) is 0 Å². The topological polar surface area (TPSA) is 30.2 Å². The van der Waals surface area contributed by atoms with Crippen LogP contribution in [0, 0.1) is 6.92 Å². The van der Waals surface area contributed by atoms with Crippen molar-refractivity contribution < 1.29 is 0 Å². The van der Waals surface area contributed by atoms with E-state index in [1.54, 1.807) is 24.0 Å². The van der Waals surface area contributed by atoms with Gasteiger partial charge in [0, 0.05) is 6.07 Å². The summed E-state index contributed by atoms with van der Waals surface area (Å²) >= 11 is 7.40. The number of rotatable bonds is 1. The van der Waals surface area contributed by atoms with Crippen molar-refractivity contribution in [1.82, 2.24) is 14.4 Å². The second-order valence-electron chi connectivity index (χ2n) is 2.63. The lowest BCUT2D eigenvalue weighted by Crippen LogP contribution is -1.95. The average molecular weight is 214 g/mol. The van der Waals surface area contributed by atoms with Gasteiger partial charge in [-0.25, -0.2) is 9.97 Å². The second-order valence-corrected chi connectivity index (χ2v) is 3.79. The van der Waals surface area contributed by atoms with Gasteiger partial charge in [0.2, 0.25) is 0 Å². The highest BCUT2D eigenvalue weighted by atomic mass is 35.5. The van der Waals surface area contributed by atoms with Gasteiger partial charge >= 0.3 is 0 Å². The maximum atomic E-state index is 5.85. The number of hydrogen-bond acceptors (Lipinski definition) is 3. The molecule has 0 bridgehead atoms. The van der Waals surface area contributed by atoms with E-state index in [9.17, 15) is 0 Å². The molecular weight excluding hydrogens is 206 g/mol. The van der Waals surface area contributed by atoms with Gasteiger partial charge in [-0.15, -0.1) is 0 Å². The Morgan fingerprint density at radius 1 is 1.54 bits per heavy atom. The van der Waals surface area contributed by atoms with Crippen LogP contribution in [-0.2, 0) is 0 Å². The van der Waals surface area contributed by atoms with E-state index in [-0.39, 0.29) is 0 Å². The van der Waals surface area contributed by atoms with Gasteiger partial charge in [0.15, 0.2) is 5.16 Å². The van der Waals surface area contributed by atoms with Crippen LogP contribution >= 0.6 is 23.4 Å². The summed E-state index contributed by atoms with van der Waals surface area (Å²) in [5.74, 6) is 0.934. The van der Waals surface area contributed by atoms with Crippen LogP contribution in [0.5, 0.6) is 0 Å². The lowest BCUT2D eigenvalue weighted by atomic mass is 10.5. The molecule has 2 aromatic heterocycles. The predicted molar refractivity (Wildman–Crippen MR) is 54.5 cm³/mol. The fourth-order valence-electron chi connectivity index (χ4n) is 1.25. The Labute approximate surface area is 85.1 Å². The molecule has 0 saturated heterocycles. The van der Waals surface area contributed by atoms with Gasteiger partial charge in [0.25, 0.3) is 0 Å². The van der Waals surface area contributed by atoms with Crippen molar-refractivity contribution in [3.63, 3.8) is 0 Å². The molecule has 0 aromatic carbocycles. The summed E-state index contributed by atoms with van der Waals surface area (Å²) in [7, 11) is 0. The maximum Gasteiger partial charge on any atom is 0.175 e. The zero-order chi connectivity index (χ0) is 9.42. The molecule has 0 aliphatic rings. The highest BCUT2D eigenvalue weighted by Gasteiger charge is 2.06. The van der Waals surface area contributed by atoms with Crippen molar-refractivity contribution in [2.75, 3.05) is 6.26 Å². The van der Waals surface area contributed by atoms with Crippen LogP contribution in [0.4, 0.5) is 0 Å². The Morgan fingerprint density at radius 3 is 3.00 bits per heavy atom. The molecule has 5 heteroatoms. The van der Waals surface area contributed by atoms with Crippen LogP contribution in [0.1, 0.15) is 5.82 Å². The molecule has 2 aromatic rings. The molecule has 2 rings (SSSR count). The molecule has 3 nitrogen and oxygen atoms in total. The van der Waals surface area contributed by atoms with Crippen molar-refractivity contribution >= 4 is 28.9 Å². The minimum Gasteiger partial charge on any atom is -0.276 e. The molecular formula is C8H8ClN3S. The first-order valence-corrected chi connectivity index (χ1v) is 5.37. The standard InChI is InChI=1S/C8H8ClN3S/c1-5-10-4-6-3-7(9)11-8(13-2)12(5)6/h3-4H,1-2H3. The van der Waals surface area contributed by atoms with E-state index in [1.165, 1.54) is 0 Å². The van der Waals surface area contributed by atoms with Gasteiger partial charge in [-0.3, -0.25) is 4.40 Å². The summed E-state index contributed by atoms with van der Waals surface area (Å²) < 4.78 is 1.98. The number of halogens is 1. The highest BCUT2D eigenvalue weighted by molar-refractivity contribution is 7.98. The summed E-state index contributed by atoms with van der Waals surface area (Å²) in [6.45, 7) is 1.95. The molecule has 13 heavy (non-hydrogen) atoms. The van der Waals surface area contributed by atoms with E-state index >= 15 is 0 Å². The summed E-state index contributed by atoms with van der Waals surface area (Å²) in [6, 6.07) is 1.81. The summed E-state index contributed by atoms with van der Waals surface area (Å²) in [4.78, 5) is 8.40. The number of aromatic nitrogens is 3. The molecule has 0 saturated carbocycles. The molecule has 2 heterocycles. The van der Waals surface area contributed by atoms with Crippen molar-refractivity contribution in [2.24, 2.45) is 0 Å². The van der Waals surface area contributed by atoms with E-state index in [4.69, 9.17) is 11.6 Å². The number of nitrogens with zero attached hydrogens (tertiary/aromatic N) is 3. The molecule has 0 atom stereocenters. The Kier molecular flexibility index (Phi) is 2.17. The lowest BCUT2D eigenvalue weighted by Gasteiger charge is -2.02. The van der Waals surface area contributed by atoms with Crippen LogP contribution in [0.15, 0.2) is 17.4 Å². The predicted octanol–water partition coefficient (Wildman–Crippen LogP) is 2.41. The first kappa shape index (κ1) is 8.84. The lowest BCUT2D eigenvalue weighted by molar-refractivity contribution is 0.863. The number of aryl methyl sites for hydroxylation is 1. The Morgan fingerprint density at radius 2 is 2.31 bits per heavy atom. The van der Waals surface area contributed by atoms with E-state index in [0.29, 0.717) is 5.15 Å². The molecule has 0 amide bonds. The summed E-state index contributed by atoms with van der Waals surface area (Å²) in [6.07, 6.45) is 3.76. The molecule has 0 N–H and O–H groups in total. The first-order valence-electron chi connectivity index (χ1n) is 3.77. The normalized spacial score (nSPS) is 11.0. The van der Waals surface area contributed by atoms with Gasteiger partial charge < -0.3 is 0 Å². The molecule has 0 aliphatic heterocycles. The molecule has 0 aliphatic carbocycles. The molecule has 0 radical (unpaired) electrons. The van der Waals surface area contributed by atoms with Crippen LogP contribution in [0.3, 0.4) is 0 Å². The zero-order valence-corrected chi connectivity index (χ0v) is 8.85. The average Bonchev–Trinajstić information content (AvgIpc) is 2.46. The minimum absolute atomic E-state index is 0.511. The highest BCUT2D eigenvalue weighted by Crippen LogP contribution is 2.20. The fourth-order valence-corrected chi connectivity index (χ4v) is 2.10. The summed E-state index contributed by atoms with van der Waals surface area (Å²) in [5, 5.41) is 1.38. The molecule has 0 spiro atoms. The largest absolute Gasteiger partial charge is 0.276 e. The monoisotopic (exact) mass is 213 g/mol. The third-order valence-corrected chi connectivity index (χ3v) is 2.64. The first-order chi connectivity index (χ1) is 6.22. The maximum absolute atomic E-state index is 5.85. The number of hydrogen-bond donors (Lipinski definition) is 0. The second kappa shape index (κ2) is 3.20. The third-order valence-electron chi connectivity index (χ3n) is 1.81. The van der Waals surface area contributed by atoms with Crippen LogP contribution in [0.2, 0.25) is 5.15 Å². The van der Waals surface area contributed by atoms with Gasteiger partial charge in [0.1, 0.15) is 11.0 Å². The Balaban J connectivity index is 2.85. The van der Waals surface area contributed by atoms with E-state index in [2.05, 4.69) is 9.97 Å². The van der Waals surface area contributed by atoms with Crippen molar-refractivity contribution in [3.05, 3.63) is 23.2 Å². The van der Waals surface area contributed by atoms with Gasteiger partial charge in [-0.1, -0.05) is 23.4 Å². The number of thioether (sulfide) groups is 1. The van der Waals surface area contributed by atoms with E-state index < -0.39 is 0 Å². The van der Waals surface area contributed by atoms with Crippen molar-refractivity contribution in [2.45, 2.75) is 12.1 Å². The molecule has 0 fully saturated rings. The third kappa shape index (κ3) is 1.40. The quantitative estimate of drug-likeness (QED) is 0.414. The molecule has 68 valence electrons. The van der Waals surface area contributed by atoms with Crippen molar-refractivity contribution in [1.29, 1.82) is 0 Å². The fraction of sp³-hybridized carbons (Fsp3) is 0.250. The van der Waals surface area contributed by atoms with E-state index in [1.807, 2.05) is 17.6 Å². The Hall–Kier alpha value is -0.740. The van der Waals surface area contributed by atoms with Gasteiger partial charge in [-0.05, 0) is 13.2 Å². The van der Waals surface area contributed by atoms with Gasteiger partial charge in [0.05, 0.1) is 11.7 Å². The smallest absolute Gasteiger partial charge is 0.175 e. The zero-order valence-electron chi connectivity index (χ0n) is 7.28. The van der Waals surface area contributed by atoms with Crippen LogP contribution < -0.4 is 0 Å². The number of fused-ring (bicyclic) bond motifs is 1.